The summed E-state index contributed by atoms with van der Waals surface area (Å²) in [5, 5.41) is 0.362. The molecule has 0 amide bonds. The first-order chi connectivity index (χ1) is 12.7. The molecule has 0 aromatic heterocycles. The van der Waals surface area contributed by atoms with Crippen molar-refractivity contribution in [2.24, 2.45) is 5.73 Å². The van der Waals surface area contributed by atoms with Gasteiger partial charge in [-0.05, 0) is 81.0 Å². The zero-order valence-electron chi connectivity index (χ0n) is 16.3. The molecule has 1 unspecified atom stereocenters. The monoisotopic (exact) mass is 380 g/mol. The van der Waals surface area contributed by atoms with Crippen molar-refractivity contribution >= 4 is 11.2 Å². The average Bonchev–Trinajstić information content (AvgIpc) is 3.18. The largest absolute Gasteiger partial charge is 0.611 e. The van der Waals surface area contributed by atoms with Gasteiger partial charge in [-0.1, -0.05) is 25.0 Å². The standard InChI is InChI=1S/C21H36N2O2S/c1-23(14-16-25-15-7-3-2-6-13-22)18-19-9-8-12-21(17-19)26(24)20-10-4-5-11-20/h8-9,12,17,20H,2-7,10-11,13-16,18,22H2,1H3. The SMILES string of the molecule is CN(CCOCCCCCCN)Cc1cccc([S+]([O-])C2CCCC2)c1. The highest BCUT2D eigenvalue weighted by Crippen LogP contribution is 2.29. The van der Waals surface area contributed by atoms with Crippen LogP contribution in [0.3, 0.4) is 0 Å². The summed E-state index contributed by atoms with van der Waals surface area (Å²) in [5.41, 5.74) is 6.73. The van der Waals surface area contributed by atoms with Gasteiger partial charge < -0.3 is 15.0 Å². The van der Waals surface area contributed by atoms with E-state index in [9.17, 15) is 4.55 Å². The van der Waals surface area contributed by atoms with Crippen LogP contribution >= 0.6 is 0 Å². The second kappa shape index (κ2) is 12.7. The molecule has 2 rings (SSSR count). The number of benzene rings is 1. The molecule has 0 aliphatic heterocycles. The molecule has 4 nitrogen and oxygen atoms in total. The Bertz CT molecular complexity index is 495. The fourth-order valence-electron chi connectivity index (χ4n) is 3.48. The van der Waals surface area contributed by atoms with Crippen LogP contribution in [0.5, 0.6) is 0 Å². The lowest BCUT2D eigenvalue weighted by atomic mass is 10.2. The molecule has 0 spiro atoms. The van der Waals surface area contributed by atoms with Crippen molar-refractivity contribution in [2.75, 3.05) is 33.4 Å². The van der Waals surface area contributed by atoms with Gasteiger partial charge in [0.15, 0.2) is 4.90 Å². The molecule has 0 heterocycles. The highest BCUT2D eigenvalue weighted by molar-refractivity contribution is 7.92. The molecule has 1 fully saturated rings. The van der Waals surface area contributed by atoms with Crippen molar-refractivity contribution in [1.29, 1.82) is 0 Å². The van der Waals surface area contributed by atoms with Gasteiger partial charge in [-0.3, -0.25) is 4.90 Å². The smallest absolute Gasteiger partial charge is 0.153 e. The number of unbranched alkanes of at least 4 members (excludes halogenated alkanes) is 3. The van der Waals surface area contributed by atoms with E-state index in [1.807, 2.05) is 12.1 Å². The zero-order valence-corrected chi connectivity index (χ0v) is 17.1. The number of hydrogen-bond donors (Lipinski definition) is 1. The number of rotatable bonds is 13. The fraction of sp³-hybridized carbons (Fsp3) is 0.714. The lowest BCUT2D eigenvalue weighted by molar-refractivity contribution is 0.106. The second-order valence-electron chi connectivity index (χ2n) is 7.40. The highest BCUT2D eigenvalue weighted by Gasteiger charge is 2.28. The summed E-state index contributed by atoms with van der Waals surface area (Å²) >= 11 is -0.847. The van der Waals surface area contributed by atoms with Crippen LogP contribution in [0.1, 0.15) is 56.9 Å². The predicted molar refractivity (Wildman–Crippen MR) is 110 cm³/mol. The molecule has 1 saturated carbocycles. The Morgan fingerprint density at radius 2 is 1.92 bits per heavy atom. The first kappa shape index (κ1) is 21.7. The summed E-state index contributed by atoms with van der Waals surface area (Å²) in [7, 11) is 2.12. The Balaban J connectivity index is 1.65. The minimum Gasteiger partial charge on any atom is -0.611 e. The Hall–Kier alpha value is -0.590. The summed E-state index contributed by atoms with van der Waals surface area (Å²) < 4.78 is 18.4. The molecule has 1 aliphatic carbocycles. The van der Waals surface area contributed by atoms with Crippen molar-refractivity contribution in [3.05, 3.63) is 29.8 Å². The Labute approximate surface area is 162 Å². The average molecular weight is 381 g/mol. The van der Waals surface area contributed by atoms with Gasteiger partial charge in [-0.15, -0.1) is 0 Å². The quantitative estimate of drug-likeness (QED) is 0.419. The Morgan fingerprint density at radius 3 is 2.69 bits per heavy atom. The molecular formula is C21H36N2O2S. The van der Waals surface area contributed by atoms with E-state index in [4.69, 9.17) is 10.5 Å². The molecular weight excluding hydrogens is 344 g/mol. The third kappa shape index (κ3) is 7.97. The Morgan fingerprint density at radius 1 is 1.15 bits per heavy atom. The van der Waals surface area contributed by atoms with E-state index < -0.39 is 11.2 Å². The number of nitrogens with zero attached hydrogens (tertiary/aromatic N) is 1. The zero-order chi connectivity index (χ0) is 18.6. The summed E-state index contributed by atoms with van der Waals surface area (Å²) in [6.45, 7) is 4.19. The van der Waals surface area contributed by atoms with Gasteiger partial charge in [0.2, 0.25) is 0 Å². The van der Waals surface area contributed by atoms with Crippen molar-refractivity contribution in [3.63, 3.8) is 0 Å². The van der Waals surface area contributed by atoms with E-state index in [1.165, 1.54) is 31.2 Å². The minimum absolute atomic E-state index is 0.362. The molecule has 5 heteroatoms. The number of nitrogens with two attached hydrogens (primary N) is 1. The molecule has 0 saturated heterocycles. The molecule has 26 heavy (non-hydrogen) atoms. The molecule has 148 valence electrons. The van der Waals surface area contributed by atoms with Crippen LogP contribution in [0.25, 0.3) is 0 Å². The predicted octanol–water partition coefficient (Wildman–Crippen LogP) is 3.70. The van der Waals surface area contributed by atoms with Crippen LogP contribution in [-0.2, 0) is 22.5 Å². The summed E-state index contributed by atoms with van der Waals surface area (Å²) in [6, 6.07) is 8.32. The Kier molecular flexibility index (Phi) is 10.6. The van der Waals surface area contributed by atoms with Crippen LogP contribution < -0.4 is 5.73 Å². The highest BCUT2D eigenvalue weighted by atomic mass is 32.2. The molecule has 1 aromatic rings. The van der Waals surface area contributed by atoms with Crippen LogP contribution in [0.15, 0.2) is 29.2 Å². The van der Waals surface area contributed by atoms with Crippen LogP contribution in [-0.4, -0.2) is 48.1 Å². The molecule has 2 N–H and O–H groups in total. The lowest BCUT2D eigenvalue weighted by Gasteiger charge is -2.19. The summed E-state index contributed by atoms with van der Waals surface area (Å²) in [6.07, 6.45) is 9.33. The van der Waals surface area contributed by atoms with Crippen molar-refractivity contribution in [1.82, 2.24) is 4.90 Å². The van der Waals surface area contributed by atoms with Crippen LogP contribution in [0.4, 0.5) is 0 Å². The van der Waals surface area contributed by atoms with E-state index >= 15 is 0 Å². The third-order valence-electron chi connectivity index (χ3n) is 5.05. The van der Waals surface area contributed by atoms with Gasteiger partial charge in [0.25, 0.3) is 0 Å². The fourth-order valence-corrected chi connectivity index (χ4v) is 5.11. The first-order valence-corrected chi connectivity index (χ1v) is 11.4. The number of hydrogen-bond acceptors (Lipinski definition) is 4. The maximum Gasteiger partial charge on any atom is 0.153 e. The van der Waals surface area contributed by atoms with E-state index in [2.05, 4.69) is 24.1 Å². The molecule has 1 aromatic carbocycles. The maximum atomic E-state index is 12.7. The summed E-state index contributed by atoms with van der Waals surface area (Å²) in [5.74, 6) is 0. The van der Waals surface area contributed by atoms with Crippen molar-refractivity contribution in [2.45, 2.75) is 68.1 Å². The van der Waals surface area contributed by atoms with Gasteiger partial charge in [0, 0.05) is 19.7 Å². The molecule has 0 bridgehead atoms. The van der Waals surface area contributed by atoms with E-state index in [0.717, 1.165) is 63.4 Å². The van der Waals surface area contributed by atoms with Gasteiger partial charge in [0.05, 0.1) is 6.61 Å². The van der Waals surface area contributed by atoms with Crippen molar-refractivity contribution in [3.8, 4) is 0 Å². The van der Waals surface area contributed by atoms with Crippen LogP contribution in [0.2, 0.25) is 0 Å². The van der Waals surface area contributed by atoms with Gasteiger partial charge in [0.1, 0.15) is 5.25 Å². The van der Waals surface area contributed by atoms with E-state index in [1.54, 1.807) is 0 Å². The molecule has 1 aliphatic rings. The number of likely N-dealkylation sites (N-methyl/N-ethyl adjacent to an activating group) is 1. The van der Waals surface area contributed by atoms with Gasteiger partial charge in [-0.2, -0.15) is 0 Å². The first-order valence-electron chi connectivity index (χ1n) is 10.2. The number of ether oxygens (including phenoxy) is 1. The normalized spacial score (nSPS) is 16.5. The summed E-state index contributed by atoms with van der Waals surface area (Å²) in [4.78, 5) is 3.27. The van der Waals surface area contributed by atoms with Gasteiger partial charge >= 0.3 is 0 Å². The third-order valence-corrected chi connectivity index (χ3v) is 6.84. The topological polar surface area (TPSA) is 61.5 Å². The van der Waals surface area contributed by atoms with Crippen LogP contribution in [0, 0.1) is 0 Å². The molecule has 0 radical (unpaired) electrons. The second-order valence-corrected chi connectivity index (χ2v) is 9.14. The van der Waals surface area contributed by atoms with Crippen molar-refractivity contribution < 1.29 is 9.29 Å². The molecule has 1 atom stereocenters. The minimum atomic E-state index is -0.847. The van der Waals surface area contributed by atoms with Gasteiger partial charge in [-0.25, -0.2) is 0 Å². The maximum absolute atomic E-state index is 12.7. The lowest BCUT2D eigenvalue weighted by Crippen LogP contribution is -2.23. The van der Waals surface area contributed by atoms with E-state index in [-0.39, 0.29) is 0 Å². The van der Waals surface area contributed by atoms with E-state index in [0.29, 0.717) is 5.25 Å².